The summed E-state index contributed by atoms with van der Waals surface area (Å²) in [4.78, 5) is 18.6. The quantitative estimate of drug-likeness (QED) is 0.781. The van der Waals surface area contributed by atoms with Crippen LogP contribution in [0.5, 0.6) is 11.5 Å². The molecule has 2 aliphatic heterocycles. The Bertz CT molecular complexity index is 837. The molecule has 3 heterocycles. The number of thiazole rings is 1. The number of benzene rings is 1. The second-order valence-electron chi connectivity index (χ2n) is 7.09. The fourth-order valence-corrected chi connectivity index (χ4v) is 5.20. The lowest BCUT2D eigenvalue weighted by molar-refractivity contribution is -0.142. The maximum Gasteiger partial charge on any atom is 0.308 e. The zero-order valence-corrected chi connectivity index (χ0v) is 16.4. The standard InChI is InChI=1S/C20H24N2O4S/c1-3-26-17-7-4-12(8-18(17)25-2)19-21-13(11-27-19)10-22-14-5-6-16(22)15(9-14)20(23)24/h4,7-8,11,14-16H,3,5-6,9-10H2,1-2H3,(H,23,24). The van der Waals surface area contributed by atoms with Gasteiger partial charge in [0.25, 0.3) is 0 Å². The molecular formula is C20H24N2O4S. The molecule has 4 rings (SSSR count). The Labute approximate surface area is 162 Å². The minimum absolute atomic E-state index is 0.156. The van der Waals surface area contributed by atoms with Crippen molar-refractivity contribution in [2.75, 3.05) is 13.7 Å². The van der Waals surface area contributed by atoms with E-state index in [4.69, 9.17) is 14.5 Å². The summed E-state index contributed by atoms with van der Waals surface area (Å²) in [5.74, 6) is 0.548. The van der Waals surface area contributed by atoms with Crippen LogP contribution < -0.4 is 9.47 Å². The number of rotatable bonds is 7. The number of aromatic nitrogens is 1. The molecule has 0 spiro atoms. The van der Waals surface area contributed by atoms with Gasteiger partial charge in [-0.1, -0.05) is 0 Å². The van der Waals surface area contributed by atoms with Crippen molar-refractivity contribution in [2.24, 2.45) is 5.92 Å². The molecule has 3 atom stereocenters. The third-order valence-electron chi connectivity index (χ3n) is 5.61. The molecule has 144 valence electrons. The Kier molecular flexibility index (Phi) is 5.06. The van der Waals surface area contributed by atoms with Crippen LogP contribution in [0.2, 0.25) is 0 Å². The molecule has 2 fully saturated rings. The number of methoxy groups -OCH3 is 1. The van der Waals surface area contributed by atoms with Gasteiger partial charge in [0.1, 0.15) is 5.01 Å². The number of fused-ring (bicyclic) bond motifs is 2. The van der Waals surface area contributed by atoms with Gasteiger partial charge >= 0.3 is 5.97 Å². The largest absolute Gasteiger partial charge is 0.493 e. The SMILES string of the molecule is CCOc1ccc(-c2nc(CN3C4CCC3C(C(=O)O)C4)cs2)cc1OC. The van der Waals surface area contributed by atoms with E-state index in [1.165, 1.54) is 0 Å². The first-order chi connectivity index (χ1) is 13.1. The maximum absolute atomic E-state index is 11.5. The van der Waals surface area contributed by atoms with Gasteiger partial charge in [-0.05, 0) is 44.4 Å². The van der Waals surface area contributed by atoms with Gasteiger partial charge in [0.2, 0.25) is 0 Å². The topological polar surface area (TPSA) is 71.9 Å². The molecule has 27 heavy (non-hydrogen) atoms. The maximum atomic E-state index is 11.5. The summed E-state index contributed by atoms with van der Waals surface area (Å²) < 4.78 is 11.0. The van der Waals surface area contributed by atoms with Crippen LogP contribution in [0.3, 0.4) is 0 Å². The Hall–Kier alpha value is -2.12. The fourth-order valence-electron chi connectivity index (χ4n) is 4.39. The smallest absolute Gasteiger partial charge is 0.308 e. The van der Waals surface area contributed by atoms with Crippen molar-refractivity contribution in [1.29, 1.82) is 0 Å². The van der Waals surface area contributed by atoms with Gasteiger partial charge in [-0.3, -0.25) is 9.69 Å². The van der Waals surface area contributed by atoms with Crippen molar-refractivity contribution in [3.63, 3.8) is 0 Å². The van der Waals surface area contributed by atoms with E-state index >= 15 is 0 Å². The predicted molar refractivity (Wildman–Crippen MR) is 103 cm³/mol. The summed E-state index contributed by atoms with van der Waals surface area (Å²) in [5, 5.41) is 12.4. The number of carbonyl (C=O) groups is 1. The molecule has 2 aliphatic rings. The number of ether oxygens (including phenoxy) is 2. The van der Waals surface area contributed by atoms with Crippen LogP contribution in [0.25, 0.3) is 10.6 Å². The number of carboxylic acids is 1. The van der Waals surface area contributed by atoms with E-state index in [9.17, 15) is 9.90 Å². The van der Waals surface area contributed by atoms with Crippen LogP contribution >= 0.6 is 11.3 Å². The molecule has 0 amide bonds. The van der Waals surface area contributed by atoms with Gasteiger partial charge in [0.05, 0.1) is 25.3 Å². The van der Waals surface area contributed by atoms with E-state index in [1.807, 2.05) is 25.1 Å². The van der Waals surface area contributed by atoms with Crippen molar-refractivity contribution in [1.82, 2.24) is 9.88 Å². The predicted octanol–water partition coefficient (Wildman–Crippen LogP) is 3.65. The highest BCUT2D eigenvalue weighted by atomic mass is 32.1. The molecule has 3 unspecified atom stereocenters. The first-order valence-electron chi connectivity index (χ1n) is 9.34. The lowest BCUT2D eigenvalue weighted by Gasteiger charge is -2.21. The molecule has 7 heteroatoms. The fraction of sp³-hybridized carbons (Fsp3) is 0.500. The first kappa shape index (κ1) is 18.3. The number of hydrogen-bond acceptors (Lipinski definition) is 6. The second kappa shape index (κ2) is 7.48. The third kappa shape index (κ3) is 3.41. The zero-order chi connectivity index (χ0) is 19.0. The Morgan fingerprint density at radius 3 is 2.93 bits per heavy atom. The summed E-state index contributed by atoms with van der Waals surface area (Å²) >= 11 is 1.60. The summed E-state index contributed by atoms with van der Waals surface area (Å²) in [6.07, 6.45) is 2.85. The van der Waals surface area contributed by atoms with Crippen molar-refractivity contribution in [2.45, 2.75) is 44.8 Å². The van der Waals surface area contributed by atoms with Crippen molar-refractivity contribution >= 4 is 17.3 Å². The summed E-state index contributed by atoms with van der Waals surface area (Å²) in [7, 11) is 1.64. The summed E-state index contributed by atoms with van der Waals surface area (Å²) in [5.41, 5.74) is 2.00. The molecule has 2 bridgehead atoms. The van der Waals surface area contributed by atoms with E-state index in [0.29, 0.717) is 18.4 Å². The number of carboxylic acid groups (broad SMARTS) is 1. The van der Waals surface area contributed by atoms with Crippen LogP contribution in [0.4, 0.5) is 0 Å². The van der Waals surface area contributed by atoms with E-state index in [-0.39, 0.29) is 12.0 Å². The first-order valence-corrected chi connectivity index (χ1v) is 10.2. The Morgan fingerprint density at radius 1 is 1.37 bits per heavy atom. The average Bonchev–Trinajstić information content (AvgIpc) is 3.38. The van der Waals surface area contributed by atoms with E-state index in [0.717, 1.165) is 47.8 Å². The van der Waals surface area contributed by atoms with Gasteiger partial charge in [-0.2, -0.15) is 0 Å². The van der Waals surface area contributed by atoms with Crippen molar-refractivity contribution in [3.8, 4) is 22.1 Å². The highest BCUT2D eigenvalue weighted by molar-refractivity contribution is 7.13. The van der Waals surface area contributed by atoms with E-state index < -0.39 is 5.97 Å². The number of aliphatic carboxylic acids is 1. The van der Waals surface area contributed by atoms with Gasteiger partial charge in [-0.15, -0.1) is 11.3 Å². The summed E-state index contributed by atoms with van der Waals surface area (Å²) in [6.45, 7) is 3.26. The summed E-state index contributed by atoms with van der Waals surface area (Å²) in [6, 6.07) is 6.40. The number of hydrogen-bond donors (Lipinski definition) is 1. The molecule has 2 saturated heterocycles. The van der Waals surface area contributed by atoms with Crippen LogP contribution in [0.15, 0.2) is 23.6 Å². The van der Waals surface area contributed by atoms with Crippen molar-refractivity contribution < 1.29 is 19.4 Å². The highest BCUT2D eigenvalue weighted by Crippen LogP contribution is 2.43. The molecule has 0 aliphatic carbocycles. The van der Waals surface area contributed by atoms with Crippen LogP contribution in [-0.2, 0) is 11.3 Å². The molecule has 1 N–H and O–H groups in total. The zero-order valence-electron chi connectivity index (χ0n) is 15.6. The number of nitrogens with zero attached hydrogens (tertiary/aromatic N) is 2. The minimum Gasteiger partial charge on any atom is -0.493 e. The molecule has 1 aromatic heterocycles. The van der Waals surface area contributed by atoms with Gasteiger partial charge in [0.15, 0.2) is 11.5 Å². The van der Waals surface area contributed by atoms with Crippen molar-refractivity contribution in [3.05, 3.63) is 29.3 Å². The molecule has 1 aromatic carbocycles. The highest BCUT2D eigenvalue weighted by Gasteiger charge is 2.49. The Morgan fingerprint density at radius 2 is 2.22 bits per heavy atom. The lowest BCUT2D eigenvalue weighted by atomic mass is 9.89. The second-order valence-corrected chi connectivity index (χ2v) is 7.95. The average molecular weight is 388 g/mol. The van der Waals surface area contributed by atoms with E-state index in [1.54, 1.807) is 18.4 Å². The van der Waals surface area contributed by atoms with Gasteiger partial charge in [-0.25, -0.2) is 4.98 Å². The van der Waals surface area contributed by atoms with Gasteiger partial charge in [0, 0.05) is 29.6 Å². The molecule has 0 radical (unpaired) electrons. The van der Waals surface area contributed by atoms with Gasteiger partial charge < -0.3 is 14.6 Å². The molecule has 2 aromatic rings. The van der Waals surface area contributed by atoms with Crippen LogP contribution in [0, 0.1) is 5.92 Å². The van der Waals surface area contributed by atoms with Crippen LogP contribution in [0.1, 0.15) is 31.9 Å². The minimum atomic E-state index is -0.660. The molecule has 6 nitrogen and oxygen atoms in total. The lowest BCUT2D eigenvalue weighted by Crippen LogP contribution is -2.32. The van der Waals surface area contributed by atoms with Crippen LogP contribution in [-0.4, -0.2) is 46.8 Å². The third-order valence-corrected chi connectivity index (χ3v) is 6.55. The monoisotopic (exact) mass is 388 g/mol. The molecule has 0 saturated carbocycles. The van der Waals surface area contributed by atoms with E-state index in [2.05, 4.69) is 10.3 Å². The Balaban J connectivity index is 1.50. The molecular weight excluding hydrogens is 364 g/mol. The normalized spacial score (nSPS) is 24.3.